The van der Waals surface area contributed by atoms with E-state index in [1.54, 1.807) is 7.11 Å². The normalized spacial score (nSPS) is 18.0. The van der Waals surface area contributed by atoms with Gasteiger partial charge in [-0.25, -0.2) is 0 Å². The van der Waals surface area contributed by atoms with Crippen LogP contribution in [-0.2, 0) is 0 Å². The largest absolute Gasteiger partial charge is 0.497 e. The molecule has 1 saturated heterocycles. The van der Waals surface area contributed by atoms with Crippen molar-refractivity contribution >= 4 is 0 Å². The van der Waals surface area contributed by atoms with Gasteiger partial charge in [0, 0.05) is 32.2 Å². The smallest absolute Gasteiger partial charge is 0.123 e. The van der Waals surface area contributed by atoms with Crippen LogP contribution < -0.4 is 14.8 Å². The summed E-state index contributed by atoms with van der Waals surface area (Å²) in [5.41, 5.74) is 0. The zero-order valence-corrected chi connectivity index (χ0v) is 11.3. The third-order valence-corrected chi connectivity index (χ3v) is 3.36. The van der Waals surface area contributed by atoms with E-state index in [-0.39, 0.29) is 12.6 Å². The summed E-state index contributed by atoms with van der Waals surface area (Å²) >= 11 is 0. The first kappa shape index (κ1) is 14.1. The van der Waals surface area contributed by atoms with Gasteiger partial charge < -0.3 is 19.9 Å². The SMILES string of the molecule is COc1cccc(OCC(CO)N2CCNCC2)c1. The van der Waals surface area contributed by atoms with E-state index in [0.29, 0.717) is 6.61 Å². The number of nitrogens with one attached hydrogen (secondary N) is 1. The molecular formula is C14H22N2O3. The summed E-state index contributed by atoms with van der Waals surface area (Å²) in [6.07, 6.45) is 0. The lowest BCUT2D eigenvalue weighted by atomic mass is 10.2. The number of aliphatic hydroxyl groups excluding tert-OH is 1. The van der Waals surface area contributed by atoms with E-state index in [9.17, 15) is 5.11 Å². The Morgan fingerprint density at radius 3 is 2.74 bits per heavy atom. The second-order valence-corrected chi connectivity index (χ2v) is 4.61. The number of ether oxygens (including phenoxy) is 2. The topological polar surface area (TPSA) is 54.0 Å². The zero-order chi connectivity index (χ0) is 13.5. The number of hydrogen-bond donors (Lipinski definition) is 2. The third-order valence-electron chi connectivity index (χ3n) is 3.36. The molecule has 2 rings (SSSR count). The summed E-state index contributed by atoms with van der Waals surface area (Å²) in [5.74, 6) is 1.55. The highest BCUT2D eigenvalue weighted by atomic mass is 16.5. The predicted molar refractivity (Wildman–Crippen MR) is 73.8 cm³/mol. The Labute approximate surface area is 114 Å². The van der Waals surface area contributed by atoms with Crippen LogP contribution in [0.4, 0.5) is 0 Å². The maximum atomic E-state index is 9.49. The van der Waals surface area contributed by atoms with Crippen LogP contribution in [0.1, 0.15) is 0 Å². The minimum absolute atomic E-state index is 0.0494. The van der Waals surface area contributed by atoms with E-state index < -0.39 is 0 Å². The molecule has 1 unspecified atom stereocenters. The van der Waals surface area contributed by atoms with E-state index in [4.69, 9.17) is 9.47 Å². The Hall–Kier alpha value is -1.30. The second-order valence-electron chi connectivity index (χ2n) is 4.61. The maximum Gasteiger partial charge on any atom is 0.123 e. The molecule has 106 valence electrons. The van der Waals surface area contributed by atoms with Gasteiger partial charge in [-0.15, -0.1) is 0 Å². The second kappa shape index (κ2) is 7.33. The standard InChI is InChI=1S/C14H22N2O3/c1-18-13-3-2-4-14(9-13)19-11-12(10-17)16-7-5-15-6-8-16/h2-4,9,12,15,17H,5-8,10-11H2,1H3. The highest BCUT2D eigenvalue weighted by Gasteiger charge is 2.20. The van der Waals surface area contributed by atoms with Gasteiger partial charge in [0.1, 0.15) is 18.1 Å². The van der Waals surface area contributed by atoms with Gasteiger partial charge in [0.25, 0.3) is 0 Å². The van der Waals surface area contributed by atoms with Crippen LogP contribution in [-0.4, -0.2) is 62.6 Å². The minimum Gasteiger partial charge on any atom is -0.497 e. The lowest BCUT2D eigenvalue weighted by molar-refractivity contribution is 0.0734. The first-order valence-corrected chi connectivity index (χ1v) is 6.66. The molecule has 0 aliphatic carbocycles. The summed E-state index contributed by atoms with van der Waals surface area (Å²) in [6, 6.07) is 7.58. The number of methoxy groups -OCH3 is 1. The number of nitrogens with zero attached hydrogens (tertiary/aromatic N) is 1. The van der Waals surface area contributed by atoms with Gasteiger partial charge in [-0.3, -0.25) is 4.90 Å². The molecule has 1 heterocycles. The number of benzene rings is 1. The number of hydrogen-bond acceptors (Lipinski definition) is 5. The van der Waals surface area contributed by atoms with Gasteiger partial charge in [-0.2, -0.15) is 0 Å². The molecule has 0 spiro atoms. The Morgan fingerprint density at radius 1 is 1.32 bits per heavy atom. The molecule has 19 heavy (non-hydrogen) atoms. The van der Waals surface area contributed by atoms with Gasteiger partial charge >= 0.3 is 0 Å². The molecule has 0 aromatic heterocycles. The monoisotopic (exact) mass is 266 g/mol. The Bertz CT molecular complexity index is 381. The van der Waals surface area contributed by atoms with E-state index in [1.165, 1.54) is 0 Å². The molecule has 1 aromatic rings. The van der Waals surface area contributed by atoms with E-state index in [2.05, 4.69) is 10.2 Å². The maximum absolute atomic E-state index is 9.49. The van der Waals surface area contributed by atoms with Crippen molar-refractivity contribution < 1.29 is 14.6 Å². The van der Waals surface area contributed by atoms with Gasteiger partial charge in [0.05, 0.1) is 19.8 Å². The molecule has 1 aliphatic rings. The van der Waals surface area contributed by atoms with Crippen LogP contribution in [0.2, 0.25) is 0 Å². The first-order chi connectivity index (χ1) is 9.33. The molecule has 0 saturated carbocycles. The third kappa shape index (κ3) is 4.09. The van der Waals surface area contributed by atoms with Crippen LogP contribution in [0, 0.1) is 0 Å². The molecule has 5 nitrogen and oxygen atoms in total. The quantitative estimate of drug-likeness (QED) is 0.777. The zero-order valence-electron chi connectivity index (χ0n) is 11.3. The van der Waals surface area contributed by atoms with Gasteiger partial charge in [-0.05, 0) is 12.1 Å². The van der Waals surface area contributed by atoms with Crippen LogP contribution in [0.25, 0.3) is 0 Å². The molecule has 5 heteroatoms. The van der Waals surface area contributed by atoms with Crippen LogP contribution in [0.15, 0.2) is 24.3 Å². The molecule has 2 N–H and O–H groups in total. The Kier molecular flexibility index (Phi) is 5.44. The van der Waals surface area contributed by atoms with Crippen molar-refractivity contribution in [1.82, 2.24) is 10.2 Å². The van der Waals surface area contributed by atoms with Gasteiger partial charge in [-0.1, -0.05) is 6.07 Å². The fraction of sp³-hybridized carbons (Fsp3) is 0.571. The van der Waals surface area contributed by atoms with Gasteiger partial charge in [0.2, 0.25) is 0 Å². The van der Waals surface area contributed by atoms with Crippen molar-refractivity contribution in [2.75, 3.05) is 46.5 Å². The average Bonchev–Trinajstić information content (AvgIpc) is 2.49. The van der Waals surface area contributed by atoms with Crippen LogP contribution in [0.3, 0.4) is 0 Å². The summed E-state index contributed by atoms with van der Waals surface area (Å²) in [6.45, 7) is 4.44. The van der Waals surface area contributed by atoms with Crippen molar-refractivity contribution in [2.45, 2.75) is 6.04 Å². The van der Waals surface area contributed by atoms with Crippen molar-refractivity contribution in [3.8, 4) is 11.5 Å². The van der Waals surface area contributed by atoms with Gasteiger partial charge in [0.15, 0.2) is 0 Å². The van der Waals surface area contributed by atoms with Crippen molar-refractivity contribution in [3.05, 3.63) is 24.3 Å². The molecule has 1 aromatic carbocycles. The summed E-state index contributed by atoms with van der Waals surface area (Å²) in [5, 5.41) is 12.8. The van der Waals surface area contributed by atoms with E-state index >= 15 is 0 Å². The number of aliphatic hydroxyl groups is 1. The Balaban J connectivity index is 1.87. The number of piperazine rings is 1. The lowest BCUT2D eigenvalue weighted by Crippen LogP contribution is -2.51. The predicted octanol–water partition coefficient (Wildman–Crippen LogP) is 0.340. The van der Waals surface area contributed by atoms with Crippen molar-refractivity contribution in [2.24, 2.45) is 0 Å². The highest BCUT2D eigenvalue weighted by Crippen LogP contribution is 2.19. The molecule has 0 amide bonds. The van der Waals surface area contributed by atoms with Crippen LogP contribution in [0.5, 0.6) is 11.5 Å². The van der Waals surface area contributed by atoms with E-state index in [0.717, 1.165) is 37.7 Å². The fourth-order valence-electron chi connectivity index (χ4n) is 2.20. The highest BCUT2D eigenvalue weighted by molar-refractivity contribution is 5.32. The molecular weight excluding hydrogens is 244 g/mol. The molecule has 1 aliphatic heterocycles. The van der Waals surface area contributed by atoms with Crippen molar-refractivity contribution in [3.63, 3.8) is 0 Å². The molecule has 0 bridgehead atoms. The average molecular weight is 266 g/mol. The molecule has 1 atom stereocenters. The molecule has 1 fully saturated rings. The fourth-order valence-corrected chi connectivity index (χ4v) is 2.20. The summed E-state index contributed by atoms with van der Waals surface area (Å²) < 4.78 is 10.9. The summed E-state index contributed by atoms with van der Waals surface area (Å²) in [4.78, 5) is 2.26. The molecule has 0 radical (unpaired) electrons. The minimum atomic E-state index is 0.0494. The number of rotatable bonds is 6. The van der Waals surface area contributed by atoms with Crippen LogP contribution >= 0.6 is 0 Å². The van der Waals surface area contributed by atoms with Crippen molar-refractivity contribution in [1.29, 1.82) is 0 Å². The summed E-state index contributed by atoms with van der Waals surface area (Å²) in [7, 11) is 1.64. The lowest BCUT2D eigenvalue weighted by Gasteiger charge is -2.33. The van der Waals surface area contributed by atoms with E-state index in [1.807, 2.05) is 24.3 Å². The first-order valence-electron chi connectivity index (χ1n) is 6.66. The Morgan fingerprint density at radius 2 is 2.05 bits per heavy atom.